The Labute approximate surface area is 92.1 Å². The van der Waals surface area contributed by atoms with Crippen LogP contribution in [0.2, 0.25) is 0 Å². The third kappa shape index (κ3) is 3.03. The van der Waals surface area contributed by atoms with E-state index in [0.717, 1.165) is 6.42 Å². The molecule has 1 aliphatic carbocycles. The van der Waals surface area contributed by atoms with Crippen LogP contribution in [0.4, 0.5) is 0 Å². The van der Waals surface area contributed by atoms with Gasteiger partial charge in [-0.15, -0.1) is 0 Å². The van der Waals surface area contributed by atoms with E-state index in [1.165, 1.54) is 0 Å². The highest BCUT2D eigenvalue weighted by Gasteiger charge is 2.34. The van der Waals surface area contributed by atoms with Crippen LogP contribution in [0.25, 0.3) is 0 Å². The summed E-state index contributed by atoms with van der Waals surface area (Å²) in [5, 5.41) is 10.2. The molecule has 0 bridgehead atoms. The maximum Gasteiger partial charge on any atom is 0.0659 e. The predicted molar refractivity (Wildman–Crippen MR) is 59.7 cm³/mol. The Kier molecular flexibility index (Phi) is 5.29. The van der Waals surface area contributed by atoms with Crippen LogP contribution in [0.3, 0.4) is 0 Å². The van der Waals surface area contributed by atoms with Gasteiger partial charge in [0.1, 0.15) is 0 Å². The zero-order valence-electron chi connectivity index (χ0n) is 9.85. The van der Waals surface area contributed by atoms with E-state index in [1.807, 2.05) is 0 Å². The highest BCUT2D eigenvalue weighted by Crippen LogP contribution is 2.31. The van der Waals surface area contributed by atoms with E-state index < -0.39 is 0 Å². The van der Waals surface area contributed by atoms with Gasteiger partial charge < -0.3 is 14.6 Å². The van der Waals surface area contributed by atoms with E-state index >= 15 is 0 Å². The summed E-state index contributed by atoms with van der Waals surface area (Å²) in [6, 6.07) is 0. The molecule has 1 aliphatic rings. The molecule has 0 aromatic rings. The van der Waals surface area contributed by atoms with Crippen LogP contribution in [0, 0.1) is 17.8 Å². The molecule has 0 aromatic heterocycles. The minimum atomic E-state index is -0.305. The fourth-order valence-electron chi connectivity index (χ4n) is 2.28. The Hall–Kier alpha value is -0.380. The second-order valence-electron chi connectivity index (χ2n) is 4.19. The van der Waals surface area contributed by atoms with Crippen LogP contribution in [-0.2, 0) is 9.47 Å². The predicted octanol–water partition coefficient (Wildman–Crippen LogP) is 1.47. The normalized spacial score (nSPS) is 35.7. The number of ether oxygens (including phenoxy) is 2. The Morgan fingerprint density at radius 3 is 2.20 bits per heavy atom. The summed E-state index contributed by atoms with van der Waals surface area (Å²) in [4.78, 5) is 0. The van der Waals surface area contributed by atoms with Crippen molar-refractivity contribution in [1.82, 2.24) is 0 Å². The van der Waals surface area contributed by atoms with E-state index in [4.69, 9.17) is 9.47 Å². The summed E-state index contributed by atoms with van der Waals surface area (Å²) in [7, 11) is 3.37. The van der Waals surface area contributed by atoms with Crippen molar-refractivity contribution in [2.45, 2.75) is 19.4 Å². The molecule has 3 nitrogen and oxygen atoms in total. The Bertz CT molecular complexity index is 203. The molecular weight excluding hydrogens is 192 g/mol. The quantitative estimate of drug-likeness (QED) is 0.704. The summed E-state index contributed by atoms with van der Waals surface area (Å²) in [6.07, 6.45) is 4.94. The van der Waals surface area contributed by atoms with Crippen molar-refractivity contribution in [2.75, 3.05) is 27.4 Å². The topological polar surface area (TPSA) is 38.7 Å². The summed E-state index contributed by atoms with van der Waals surface area (Å²) < 4.78 is 10.3. The molecule has 0 unspecified atom stereocenters. The van der Waals surface area contributed by atoms with Crippen molar-refractivity contribution in [2.24, 2.45) is 17.8 Å². The fraction of sp³-hybridized carbons (Fsp3) is 0.833. The average molecular weight is 214 g/mol. The van der Waals surface area contributed by atoms with Crippen molar-refractivity contribution in [3.05, 3.63) is 12.2 Å². The van der Waals surface area contributed by atoms with Crippen molar-refractivity contribution >= 4 is 0 Å². The van der Waals surface area contributed by atoms with E-state index in [0.29, 0.717) is 13.2 Å². The fourth-order valence-corrected chi connectivity index (χ4v) is 2.28. The zero-order valence-corrected chi connectivity index (χ0v) is 9.85. The van der Waals surface area contributed by atoms with E-state index in [-0.39, 0.29) is 23.9 Å². The summed E-state index contributed by atoms with van der Waals surface area (Å²) in [5.74, 6) is 0.691. The first-order valence-corrected chi connectivity index (χ1v) is 5.58. The maximum atomic E-state index is 10.2. The SMILES string of the molecule is CC[C@H]1C=C[C@@H](COC)[C@@H](COC)[C@H]1O. The highest BCUT2D eigenvalue weighted by atomic mass is 16.5. The highest BCUT2D eigenvalue weighted by molar-refractivity contribution is 5.05. The standard InChI is InChI=1S/C12H22O3/c1-4-9-5-6-10(7-14-2)11(8-15-3)12(9)13/h5-6,9-13H,4,7-8H2,1-3H3/t9-,10-,11+,12-/m0/s1. The van der Waals surface area contributed by atoms with Crippen molar-refractivity contribution in [3.63, 3.8) is 0 Å². The molecule has 3 heteroatoms. The van der Waals surface area contributed by atoms with Crippen molar-refractivity contribution in [1.29, 1.82) is 0 Å². The van der Waals surface area contributed by atoms with Crippen LogP contribution < -0.4 is 0 Å². The van der Waals surface area contributed by atoms with Gasteiger partial charge in [-0.2, -0.15) is 0 Å². The van der Waals surface area contributed by atoms with Gasteiger partial charge >= 0.3 is 0 Å². The second kappa shape index (κ2) is 6.26. The largest absolute Gasteiger partial charge is 0.392 e. The molecule has 0 saturated heterocycles. The minimum Gasteiger partial charge on any atom is -0.392 e. The Morgan fingerprint density at radius 1 is 1.07 bits per heavy atom. The molecule has 0 saturated carbocycles. The lowest BCUT2D eigenvalue weighted by Gasteiger charge is -2.35. The molecule has 4 atom stereocenters. The minimum absolute atomic E-state index is 0.157. The smallest absolute Gasteiger partial charge is 0.0659 e. The molecule has 1 rings (SSSR count). The molecule has 0 heterocycles. The number of methoxy groups -OCH3 is 2. The molecule has 1 N–H and O–H groups in total. The number of aliphatic hydroxyl groups excluding tert-OH is 1. The van der Waals surface area contributed by atoms with E-state index in [1.54, 1.807) is 14.2 Å². The number of aliphatic hydroxyl groups is 1. The molecule has 0 fully saturated rings. The van der Waals surface area contributed by atoms with Gasteiger partial charge in [0.05, 0.1) is 19.3 Å². The first-order valence-electron chi connectivity index (χ1n) is 5.58. The van der Waals surface area contributed by atoms with Gasteiger partial charge in [0, 0.05) is 32.0 Å². The lowest BCUT2D eigenvalue weighted by molar-refractivity contribution is -0.0205. The van der Waals surface area contributed by atoms with Crippen molar-refractivity contribution < 1.29 is 14.6 Å². The Balaban J connectivity index is 2.70. The maximum absolute atomic E-state index is 10.2. The van der Waals surface area contributed by atoms with Crippen LogP contribution in [0.5, 0.6) is 0 Å². The summed E-state index contributed by atoms with van der Waals surface area (Å²) in [6.45, 7) is 3.34. The number of rotatable bonds is 5. The summed E-state index contributed by atoms with van der Waals surface area (Å²) >= 11 is 0. The van der Waals surface area contributed by atoms with Gasteiger partial charge in [-0.1, -0.05) is 19.1 Å². The zero-order chi connectivity index (χ0) is 11.3. The first kappa shape index (κ1) is 12.7. The van der Waals surface area contributed by atoms with E-state index in [9.17, 15) is 5.11 Å². The van der Waals surface area contributed by atoms with Gasteiger partial charge in [0.15, 0.2) is 0 Å². The molecule has 88 valence electrons. The third-order valence-electron chi connectivity index (χ3n) is 3.22. The van der Waals surface area contributed by atoms with Crippen LogP contribution >= 0.6 is 0 Å². The van der Waals surface area contributed by atoms with Crippen LogP contribution in [0.1, 0.15) is 13.3 Å². The van der Waals surface area contributed by atoms with Crippen LogP contribution in [-0.4, -0.2) is 38.6 Å². The molecule has 0 spiro atoms. The summed E-state index contributed by atoms with van der Waals surface area (Å²) in [5.41, 5.74) is 0. The second-order valence-corrected chi connectivity index (χ2v) is 4.19. The first-order chi connectivity index (χ1) is 7.24. The number of hydrogen-bond donors (Lipinski definition) is 1. The van der Waals surface area contributed by atoms with Gasteiger partial charge in [-0.3, -0.25) is 0 Å². The third-order valence-corrected chi connectivity index (χ3v) is 3.22. The molecule has 0 aliphatic heterocycles. The van der Waals surface area contributed by atoms with E-state index in [2.05, 4.69) is 19.1 Å². The number of hydrogen-bond acceptors (Lipinski definition) is 3. The van der Waals surface area contributed by atoms with Gasteiger partial charge in [-0.25, -0.2) is 0 Å². The van der Waals surface area contributed by atoms with Gasteiger partial charge in [0.25, 0.3) is 0 Å². The molecule has 15 heavy (non-hydrogen) atoms. The van der Waals surface area contributed by atoms with Crippen molar-refractivity contribution in [3.8, 4) is 0 Å². The average Bonchev–Trinajstić information content (AvgIpc) is 2.24. The van der Waals surface area contributed by atoms with Gasteiger partial charge in [-0.05, 0) is 6.42 Å². The monoisotopic (exact) mass is 214 g/mol. The lowest BCUT2D eigenvalue weighted by atomic mass is 9.76. The van der Waals surface area contributed by atoms with Gasteiger partial charge in [0.2, 0.25) is 0 Å². The molecule has 0 amide bonds. The molecule has 0 aromatic carbocycles. The lowest BCUT2D eigenvalue weighted by Crippen LogP contribution is -2.40. The molecule has 0 radical (unpaired) electrons. The van der Waals surface area contributed by atoms with Crippen LogP contribution in [0.15, 0.2) is 12.2 Å². The molecular formula is C12H22O3. The Morgan fingerprint density at radius 2 is 1.67 bits per heavy atom.